The topological polar surface area (TPSA) is 63.6 Å². The average molecular weight is 319 g/mol. The SMILES string of the molecule is CS(=O)(=O)c1ccc(O)c(Cl)c1COCC(F)(F)F. The van der Waals surface area contributed by atoms with E-state index < -0.39 is 35.0 Å². The summed E-state index contributed by atoms with van der Waals surface area (Å²) in [6.07, 6.45) is -3.66. The molecule has 9 heteroatoms. The van der Waals surface area contributed by atoms with Crippen LogP contribution in [0.3, 0.4) is 0 Å². The average Bonchev–Trinajstić information content (AvgIpc) is 2.20. The van der Waals surface area contributed by atoms with Gasteiger partial charge in [-0.25, -0.2) is 8.42 Å². The molecule has 19 heavy (non-hydrogen) atoms. The van der Waals surface area contributed by atoms with Gasteiger partial charge in [0.1, 0.15) is 12.4 Å². The van der Waals surface area contributed by atoms with Crippen LogP contribution in [-0.4, -0.2) is 32.6 Å². The van der Waals surface area contributed by atoms with E-state index in [0.717, 1.165) is 18.4 Å². The molecule has 0 atom stereocenters. The van der Waals surface area contributed by atoms with Gasteiger partial charge in [-0.3, -0.25) is 0 Å². The first kappa shape index (κ1) is 16.1. The van der Waals surface area contributed by atoms with Gasteiger partial charge in [0.25, 0.3) is 0 Å². The number of sulfone groups is 1. The smallest absolute Gasteiger partial charge is 0.411 e. The maximum Gasteiger partial charge on any atom is 0.411 e. The third-order valence-electron chi connectivity index (χ3n) is 2.09. The summed E-state index contributed by atoms with van der Waals surface area (Å²) in [6.45, 7) is -2.21. The molecule has 0 saturated heterocycles. The standard InChI is InChI=1S/C10H10ClF3O4S/c1-19(16,17)8-3-2-7(15)9(11)6(8)4-18-5-10(12,13)14/h2-3,15H,4-5H2,1H3. The number of alkyl halides is 3. The number of phenols is 1. The molecule has 0 aromatic heterocycles. The van der Waals surface area contributed by atoms with Crippen molar-refractivity contribution < 1.29 is 31.4 Å². The van der Waals surface area contributed by atoms with E-state index in [1.54, 1.807) is 0 Å². The predicted molar refractivity (Wildman–Crippen MR) is 61.9 cm³/mol. The minimum atomic E-state index is -4.53. The molecule has 1 aromatic carbocycles. The third-order valence-corrected chi connectivity index (χ3v) is 3.69. The molecule has 0 saturated carbocycles. The fourth-order valence-electron chi connectivity index (χ4n) is 1.34. The highest BCUT2D eigenvalue weighted by molar-refractivity contribution is 7.90. The van der Waals surface area contributed by atoms with E-state index >= 15 is 0 Å². The normalized spacial score (nSPS) is 12.7. The highest BCUT2D eigenvalue weighted by Crippen LogP contribution is 2.33. The highest BCUT2D eigenvalue weighted by Gasteiger charge is 2.28. The Morgan fingerprint density at radius 3 is 2.42 bits per heavy atom. The molecule has 0 unspecified atom stereocenters. The van der Waals surface area contributed by atoms with Crippen molar-refractivity contribution in [2.24, 2.45) is 0 Å². The van der Waals surface area contributed by atoms with Gasteiger partial charge in [-0.2, -0.15) is 13.2 Å². The summed E-state index contributed by atoms with van der Waals surface area (Å²) in [5.74, 6) is -0.431. The van der Waals surface area contributed by atoms with Gasteiger partial charge >= 0.3 is 6.18 Å². The largest absolute Gasteiger partial charge is 0.506 e. The number of hydrogen-bond donors (Lipinski definition) is 1. The molecule has 0 amide bonds. The second kappa shape index (κ2) is 5.56. The Bertz CT molecular complexity index is 569. The molecule has 0 aliphatic rings. The minimum Gasteiger partial charge on any atom is -0.506 e. The first-order valence-corrected chi connectivity index (χ1v) is 7.14. The van der Waals surface area contributed by atoms with Gasteiger partial charge in [-0.1, -0.05) is 11.6 Å². The molecule has 0 spiro atoms. The van der Waals surface area contributed by atoms with Crippen molar-refractivity contribution >= 4 is 21.4 Å². The van der Waals surface area contributed by atoms with E-state index in [4.69, 9.17) is 11.6 Å². The summed E-state index contributed by atoms with van der Waals surface area (Å²) in [4.78, 5) is -0.280. The van der Waals surface area contributed by atoms with Gasteiger partial charge in [-0.15, -0.1) is 0 Å². The van der Waals surface area contributed by atoms with Crippen LogP contribution in [-0.2, 0) is 21.2 Å². The molecule has 1 aromatic rings. The summed E-state index contributed by atoms with van der Waals surface area (Å²) >= 11 is 5.68. The van der Waals surface area contributed by atoms with Crippen molar-refractivity contribution in [1.29, 1.82) is 0 Å². The van der Waals surface area contributed by atoms with Crippen molar-refractivity contribution in [3.8, 4) is 5.75 Å². The third kappa shape index (κ3) is 4.55. The number of aromatic hydroxyl groups is 1. The van der Waals surface area contributed by atoms with E-state index in [1.165, 1.54) is 0 Å². The van der Waals surface area contributed by atoms with Gasteiger partial charge in [0.2, 0.25) is 0 Å². The zero-order valence-electron chi connectivity index (χ0n) is 9.66. The molecular weight excluding hydrogens is 309 g/mol. The van der Waals surface area contributed by atoms with Crippen molar-refractivity contribution in [1.82, 2.24) is 0 Å². The summed E-state index contributed by atoms with van der Waals surface area (Å²) in [7, 11) is -3.70. The maximum absolute atomic E-state index is 11.9. The van der Waals surface area contributed by atoms with E-state index in [1.807, 2.05) is 0 Å². The van der Waals surface area contributed by atoms with Crippen LogP contribution in [0, 0.1) is 0 Å². The predicted octanol–water partition coefficient (Wildman–Crippen LogP) is 2.53. The van der Waals surface area contributed by atoms with Gasteiger partial charge in [0.15, 0.2) is 9.84 Å². The van der Waals surface area contributed by atoms with Crippen LogP contribution in [0.1, 0.15) is 5.56 Å². The molecular formula is C10H10ClF3O4S. The van der Waals surface area contributed by atoms with E-state index in [9.17, 15) is 26.7 Å². The van der Waals surface area contributed by atoms with Gasteiger partial charge in [0, 0.05) is 11.8 Å². The van der Waals surface area contributed by atoms with E-state index in [0.29, 0.717) is 0 Å². The molecule has 1 rings (SSSR count). The van der Waals surface area contributed by atoms with Crippen LogP contribution in [0.4, 0.5) is 13.2 Å². The maximum atomic E-state index is 11.9. The summed E-state index contributed by atoms with van der Waals surface area (Å²) < 4.78 is 63.1. The number of halogens is 4. The summed E-state index contributed by atoms with van der Waals surface area (Å²) in [6, 6.07) is 2.11. The van der Waals surface area contributed by atoms with Crippen molar-refractivity contribution in [3.05, 3.63) is 22.7 Å². The van der Waals surface area contributed by atoms with Crippen LogP contribution in [0.15, 0.2) is 17.0 Å². The Labute approximate surface area is 112 Å². The van der Waals surface area contributed by atoms with E-state index in [2.05, 4.69) is 4.74 Å². The highest BCUT2D eigenvalue weighted by atomic mass is 35.5. The summed E-state index contributed by atoms with van der Waals surface area (Å²) in [5, 5.41) is 9.00. The fourth-order valence-corrected chi connectivity index (χ4v) is 2.54. The second-order valence-corrected chi connectivity index (χ2v) is 6.12. The molecule has 0 aliphatic carbocycles. The lowest BCUT2D eigenvalue weighted by atomic mass is 10.2. The van der Waals surface area contributed by atoms with Crippen molar-refractivity contribution in [3.63, 3.8) is 0 Å². The quantitative estimate of drug-likeness (QED) is 0.926. The molecule has 0 bridgehead atoms. The van der Waals surface area contributed by atoms with Crippen molar-refractivity contribution in [2.45, 2.75) is 17.7 Å². The molecule has 1 N–H and O–H groups in total. The second-order valence-electron chi connectivity index (χ2n) is 3.76. The Kier molecular flexibility index (Phi) is 4.70. The Balaban J connectivity index is 3.07. The number of hydrogen-bond acceptors (Lipinski definition) is 4. The minimum absolute atomic E-state index is 0.201. The zero-order valence-corrected chi connectivity index (χ0v) is 11.2. The van der Waals surface area contributed by atoms with Crippen molar-refractivity contribution in [2.75, 3.05) is 12.9 Å². The molecule has 108 valence electrons. The lowest BCUT2D eigenvalue weighted by Crippen LogP contribution is -2.17. The lowest BCUT2D eigenvalue weighted by molar-refractivity contribution is -0.176. The first-order valence-electron chi connectivity index (χ1n) is 4.87. The van der Waals surface area contributed by atoms with E-state index in [-0.39, 0.29) is 15.5 Å². The Morgan fingerprint density at radius 1 is 1.37 bits per heavy atom. The fraction of sp³-hybridized carbons (Fsp3) is 0.400. The number of rotatable bonds is 4. The van der Waals surface area contributed by atoms with Crippen LogP contribution in [0.25, 0.3) is 0 Å². The number of phenolic OH excluding ortho intramolecular Hbond substituents is 1. The van der Waals surface area contributed by atoms with Crippen LogP contribution in [0.2, 0.25) is 5.02 Å². The molecule has 0 heterocycles. The van der Waals surface area contributed by atoms with Crippen LogP contribution in [0.5, 0.6) is 5.75 Å². The monoisotopic (exact) mass is 318 g/mol. The van der Waals surface area contributed by atoms with Gasteiger partial charge < -0.3 is 9.84 Å². The Hall–Kier alpha value is -0.990. The first-order chi connectivity index (χ1) is 8.52. The van der Waals surface area contributed by atoms with Crippen LogP contribution < -0.4 is 0 Å². The molecule has 4 nitrogen and oxygen atoms in total. The number of ether oxygens (including phenoxy) is 1. The van der Waals surface area contributed by atoms with Gasteiger partial charge in [-0.05, 0) is 12.1 Å². The zero-order chi connectivity index (χ0) is 14.8. The molecule has 0 radical (unpaired) electrons. The number of benzene rings is 1. The van der Waals surface area contributed by atoms with Gasteiger partial charge in [0.05, 0.1) is 16.5 Å². The Morgan fingerprint density at radius 2 is 1.95 bits per heavy atom. The molecule has 0 fully saturated rings. The van der Waals surface area contributed by atoms with Crippen LogP contribution >= 0.6 is 11.6 Å². The summed E-state index contributed by atoms with van der Waals surface area (Å²) in [5.41, 5.74) is -0.201. The lowest BCUT2D eigenvalue weighted by Gasteiger charge is -2.13. The molecule has 0 aliphatic heterocycles.